The van der Waals surface area contributed by atoms with Crippen LogP contribution in [0.25, 0.3) is 11.3 Å². The summed E-state index contributed by atoms with van der Waals surface area (Å²) in [5, 5.41) is 5.27. The SMILES string of the molecule is CCC(=O)c1ccc(OCC(=O)Nc2nc(-c3c(C)cc(C)cc3C)cs2)cc1. The second-order valence-corrected chi connectivity index (χ2v) is 7.81. The number of benzene rings is 2. The molecule has 3 rings (SSSR count). The van der Waals surface area contributed by atoms with Gasteiger partial charge in [-0.1, -0.05) is 24.6 Å². The zero-order valence-corrected chi connectivity index (χ0v) is 17.9. The Kier molecular flexibility index (Phi) is 6.44. The summed E-state index contributed by atoms with van der Waals surface area (Å²) in [5.41, 5.74) is 6.15. The van der Waals surface area contributed by atoms with Crippen LogP contribution in [0.4, 0.5) is 5.13 Å². The summed E-state index contributed by atoms with van der Waals surface area (Å²) in [6.07, 6.45) is 0.458. The molecule has 0 bridgehead atoms. The van der Waals surface area contributed by atoms with E-state index in [1.54, 1.807) is 24.3 Å². The van der Waals surface area contributed by atoms with Crippen LogP contribution in [0, 0.1) is 20.8 Å². The minimum Gasteiger partial charge on any atom is -0.484 e. The van der Waals surface area contributed by atoms with Gasteiger partial charge in [0.25, 0.3) is 5.91 Å². The van der Waals surface area contributed by atoms with Crippen LogP contribution in [0.3, 0.4) is 0 Å². The fraction of sp³-hybridized carbons (Fsp3) is 0.261. The number of amides is 1. The molecule has 1 N–H and O–H groups in total. The monoisotopic (exact) mass is 408 g/mol. The lowest BCUT2D eigenvalue weighted by molar-refractivity contribution is -0.118. The molecule has 0 aliphatic rings. The second kappa shape index (κ2) is 9.01. The number of nitrogens with zero attached hydrogens (tertiary/aromatic N) is 1. The maximum absolute atomic E-state index is 12.2. The van der Waals surface area contributed by atoms with Gasteiger partial charge in [-0.2, -0.15) is 0 Å². The molecule has 0 radical (unpaired) electrons. The minimum absolute atomic E-state index is 0.0768. The number of nitrogens with one attached hydrogen (secondary N) is 1. The van der Waals surface area contributed by atoms with E-state index < -0.39 is 0 Å². The number of Topliss-reactive ketones (excluding diaryl/α,β-unsaturated/α-hetero) is 1. The van der Waals surface area contributed by atoms with Gasteiger partial charge in [0.15, 0.2) is 17.5 Å². The van der Waals surface area contributed by atoms with Crippen LogP contribution >= 0.6 is 11.3 Å². The van der Waals surface area contributed by atoms with Gasteiger partial charge in [0.05, 0.1) is 5.69 Å². The predicted octanol–water partition coefficient (Wildman–Crippen LogP) is 5.35. The summed E-state index contributed by atoms with van der Waals surface area (Å²) in [6, 6.07) is 11.1. The summed E-state index contributed by atoms with van der Waals surface area (Å²) in [6.45, 7) is 7.91. The summed E-state index contributed by atoms with van der Waals surface area (Å²) in [7, 11) is 0. The van der Waals surface area contributed by atoms with Gasteiger partial charge < -0.3 is 4.74 Å². The molecule has 29 heavy (non-hydrogen) atoms. The summed E-state index contributed by atoms with van der Waals surface area (Å²) >= 11 is 1.39. The van der Waals surface area contributed by atoms with Crippen LogP contribution in [-0.2, 0) is 4.79 Å². The highest BCUT2D eigenvalue weighted by atomic mass is 32.1. The van der Waals surface area contributed by atoms with Crippen LogP contribution in [0.2, 0.25) is 0 Å². The van der Waals surface area contributed by atoms with E-state index in [0.29, 0.717) is 22.9 Å². The van der Waals surface area contributed by atoms with Crippen molar-refractivity contribution in [1.82, 2.24) is 4.98 Å². The van der Waals surface area contributed by atoms with Gasteiger partial charge in [0.1, 0.15) is 5.75 Å². The Morgan fingerprint density at radius 2 is 1.72 bits per heavy atom. The highest BCUT2D eigenvalue weighted by molar-refractivity contribution is 7.14. The summed E-state index contributed by atoms with van der Waals surface area (Å²) < 4.78 is 5.50. The molecule has 0 aliphatic heterocycles. The van der Waals surface area contributed by atoms with Crippen molar-refractivity contribution in [1.29, 1.82) is 0 Å². The van der Waals surface area contributed by atoms with Crippen molar-refractivity contribution >= 4 is 28.2 Å². The number of hydrogen-bond acceptors (Lipinski definition) is 5. The average molecular weight is 409 g/mol. The van der Waals surface area contributed by atoms with Gasteiger partial charge in [-0.15, -0.1) is 11.3 Å². The molecule has 0 unspecified atom stereocenters. The molecule has 6 heteroatoms. The number of hydrogen-bond donors (Lipinski definition) is 1. The molecule has 3 aromatic rings. The van der Waals surface area contributed by atoms with E-state index in [0.717, 1.165) is 11.3 Å². The number of carbonyl (C=O) groups is 2. The Morgan fingerprint density at radius 1 is 1.07 bits per heavy atom. The molecule has 0 saturated carbocycles. The lowest BCUT2D eigenvalue weighted by atomic mass is 9.98. The molecule has 1 amide bonds. The van der Waals surface area contributed by atoms with Gasteiger partial charge in [-0.3, -0.25) is 14.9 Å². The normalized spacial score (nSPS) is 10.6. The lowest BCUT2D eigenvalue weighted by Gasteiger charge is -2.09. The van der Waals surface area contributed by atoms with Gasteiger partial charge in [-0.25, -0.2) is 4.98 Å². The number of thiazole rings is 1. The Bertz CT molecular complexity index is 1020. The first-order chi connectivity index (χ1) is 13.9. The van der Waals surface area contributed by atoms with Crippen molar-refractivity contribution in [2.75, 3.05) is 11.9 Å². The fourth-order valence-electron chi connectivity index (χ4n) is 3.28. The largest absolute Gasteiger partial charge is 0.484 e. The third-order valence-corrected chi connectivity index (χ3v) is 5.31. The third-order valence-electron chi connectivity index (χ3n) is 4.55. The first-order valence-corrected chi connectivity index (χ1v) is 10.3. The Balaban J connectivity index is 1.60. The quantitative estimate of drug-likeness (QED) is 0.536. The fourth-order valence-corrected chi connectivity index (χ4v) is 3.99. The van der Waals surface area contributed by atoms with Crippen LogP contribution in [0.15, 0.2) is 41.8 Å². The van der Waals surface area contributed by atoms with Crippen molar-refractivity contribution < 1.29 is 14.3 Å². The molecule has 1 heterocycles. The van der Waals surface area contributed by atoms with Gasteiger partial charge in [0, 0.05) is 22.9 Å². The molecule has 0 fully saturated rings. The van der Waals surface area contributed by atoms with Gasteiger partial charge in [0.2, 0.25) is 0 Å². The maximum Gasteiger partial charge on any atom is 0.264 e. The van der Waals surface area contributed by atoms with E-state index in [9.17, 15) is 9.59 Å². The first kappa shape index (κ1) is 20.7. The summed E-state index contributed by atoms with van der Waals surface area (Å²) in [4.78, 5) is 28.4. The van der Waals surface area contributed by atoms with E-state index in [2.05, 4.69) is 43.2 Å². The number of carbonyl (C=O) groups excluding carboxylic acids is 2. The average Bonchev–Trinajstić information content (AvgIpc) is 3.13. The smallest absolute Gasteiger partial charge is 0.264 e. The van der Waals surface area contributed by atoms with Crippen LogP contribution in [0.5, 0.6) is 5.75 Å². The maximum atomic E-state index is 12.2. The number of ketones is 1. The number of rotatable bonds is 7. The molecular weight excluding hydrogens is 384 g/mol. The topological polar surface area (TPSA) is 68.3 Å². The van der Waals surface area contributed by atoms with Crippen LogP contribution < -0.4 is 10.1 Å². The van der Waals surface area contributed by atoms with Crippen LogP contribution in [-0.4, -0.2) is 23.3 Å². The van der Waals surface area contributed by atoms with Crippen LogP contribution in [0.1, 0.15) is 40.4 Å². The van der Waals surface area contributed by atoms with Crippen molar-refractivity contribution in [3.63, 3.8) is 0 Å². The molecule has 2 aromatic carbocycles. The number of ether oxygens (including phenoxy) is 1. The highest BCUT2D eigenvalue weighted by Gasteiger charge is 2.13. The zero-order chi connectivity index (χ0) is 21.0. The first-order valence-electron chi connectivity index (χ1n) is 9.47. The molecule has 0 atom stereocenters. The lowest BCUT2D eigenvalue weighted by Crippen LogP contribution is -2.20. The number of aryl methyl sites for hydroxylation is 3. The Labute approximate surface area is 174 Å². The van der Waals surface area contributed by atoms with Crippen molar-refractivity contribution in [2.45, 2.75) is 34.1 Å². The summed E-state index contributed by atoms with van der Waals surface area (Å²) in [5.74, 6) is 0.336. The van der Waals surface area contributed by atoms with E-state index in [-0.39, 0.29) is 18.3 Å². The van der Waals surface area contributed by atoms with Gasteiger partial charge in [-0.05, 0) is 56.2 Å². The predicted molar refractivity (Wildman–Crippen MR) is 117 cm³/mol. The number of anilines is 1. The second-order valence-electron chi connectivity index (χ2n) is 6.95. The number of aromatic nitrogens is 1. The molecule has 5 nitrogen and oxygen atoms in total. The van der Waals surface area contributed by atoms with Crippen molar-refractivity contribution in [3.8, 4) is 17.0 Å². The zero-order valence-electron chi connectivity index (χ0n) is 17.0. The van der Waals surface area contributed by atoms with E-state index in [1.807, 2.05) is 12.3 Å². The molecule has 0 aliphatic carbocycles. The third kappa shape index (κ3) is 5.09. The molecule has 0 saturated heterocycles. The molecular formula is C23H24N2O3S. The highest BCUT2D eigenvalue weighted by Crippen LogP contribution is 2.31. The molecule has 150 valence electrons. The van der Waals surface area contributed by atoms with Gasteiger partial charge >= 0.3 is 0 Å². The van der Waals surface area contributed by atoms with Crippen molar-refractivity contribution in [3.05, 3.63) is 64.0 Å². The minimum atomic E-state index is -0.281. The van der Waals surface area contributed by atoms with E-state index in [1.165, 1.54) is 28.0 Å². The standard InChI is InChI=1S/C23H24N2O3S/c1-5-20(26)17-6-8-18(9-7-17)28-12-21(27)25-23-24-19(13-29-23)22-15(3)10-14(2)11-16(22)4/h6-11,13H,5,12H2,1-4H3,(H,24,25,27). The van der Waals surface area contributed by atoms with E-state index in [4.69, 9.17) is 4.74 Å². The Hall–Kier alpha value is -2.99. The Morgan fingerprint density at radius 3 is 2.34 bits per heavy atom. The molecule has 1 aromatic heterocycles. The molecule has 0 spiro atoms. The van der Waals surface area contributed by atoms with E-state index >= 15 is 0 Å². The van der Waals surface area contributed by atoms with Crippen molar-refractivity contribution in [2.24, 2.45) is 0 Å².